The minimum Gasteiger partial charge on any atom is -0.421 e. The maximum atomic E-state index is 13.8. The van der Waals surface area contributed by atoms with Crippen LogP contribution >= 0.6 is 127 Å². The highest BCUT2D eigenvalue weighted by Crippen LogP contribution is 2.38. The van der Waals surface area contributed by atoms with E-state index in [0.29, 0.717) is 84.0 Å². The smallest absolute Gasteiger partial charge is 0.345 e. The molecule has 342 valence electrons. The van der Waals surface area contributed by atoms with Crippen molar-refractivity contribution in [3.05, 3.63) is 199 Å². The predicted molar refractivity (Wildman–Crippen MR) is 300 cm³/mol. The van der Waals surface area contributed by atoms with Crippen LogP contribution in [-0.2, 0) is 0 Å². The number of hydrogen-bond donors (Lipinski definition) is 0. The molecular formula is C52H20Br8N2O8. The van der Waals surface area contributed by atoms with Gasteiger partial charge >= 0.3 is 22.5 Å². The largest absolute Gasteiger partial charge is 0.421 e. The van der Waals surface area contributed by atoms with Crippen molar-refractivity contribution in [2.24, 2.45) is 0 Å². The van der Waals surface area contributed by atoms with Crippen LogP contribution in [0.5, 0.6) is 0 Å². The van der Waals surface area contributed by atoms with Crippen LogP contribution in [0.25, 0.3) is 111 Å². The second-order valence-electron chi connectivity index (χ2n) is 15.8. The van der Waals surface area contributed by atoms with Crippen molar-refractivity contribution < 1.29 is 17.7 Å². The molecule has 0 saturated carbocycles. The molecule has 5 aromatic carbocycles. The van der Waals surface area contributed by atoms with E-state index in [2.05, 4.69) is 127 Å². The molecule has 0 unspecified atom stereocenters. The lowest BCUT2D eigenvalue weighted by molar-refractivity contribution is 0.560. The number of fused-ring (bicyclic) bond motifs is 4. The molecule has 10 nitrogen and oxygen atoms in total. The van der Waals surface area contributed by atoms with Crippen LogP contribution in [0, 0.1) is 0 Å². The SMILES string of the molecule is O=c1oc2c(Br)cc(Br)cc2cc1-c1cc(-c2ccc(-c3cc(-c4cc5cc(Br)cc(Br)c5oc4=O)nc(-c4cc5cc(Br)cc(Br)c5oc4=O)c3)cc2)cc(-c2cc3cc(Br)cc(Br)c3oc2=O)n1. The molecule has 0 aliphatic heterocycles. The summed E-state index contributed by atoms with van der Waals surface area (Å²) in [6.07, 6.45) is 0. The molecule has 6 aromatic heterocycles. The second-order valence-corrected chi connectivity index (χ2v) is 22.9. The maximum absolute atomic E-state index is 13.8. The van der Waals surface area contributed by atoms with Crippen molar-refractivity contribution in [3.8, 4) is 67.3 Å². The fraction of sp³-hybridized carbons (Fsp3) is 0. The molecule has 0 spiro atoms. The minimum absolute atomic E-state index is 0.167. The molecule has 11 aromatic rings. The standard InChI is InChI=1S/C52H20Br8N2O8/c53-29-5-25-9-33(49(63)67-45(25)37(57)17-29)41-13-23(14-42(61-41)34-10-26-6-30(54)18-38(58)46(26)68-50(34)64)21-1-2-22(4-3-21)24-15-43(35-11-27-7-31(55)19-39(59)47(27)69-51(35)65)62-44(16-24)36-12-28-8-32(56)20-40(60)48(28)70-52(36)66/h1-20H. The van der Waals surface area contributed by atoms with Gasteiger partial charge in [-0.1, -0.05) is 88.0 Å². The van der Waals surface area contributed by atoms with Crippen molar-refractivity contribution >= 4 is 171 Å². The summed E-state index contributed by atoms with van der Waals surface area (Å²) in [7, 11) is 0. The predicted octanol–water partition coefficient (Wildman–Crippen LogP) is 17.0. The summed E-state index contributed by atoms with van der Waals surface area (Å²) < 4.78 is 28.8. The maximum Gasteiger partial charge on any atom is 0.345 e. The topological polar surface area (TPSA) is 147 Å². The van der Waals surface area contributed by atoms with E-state index < -0.39 is 22.5 Å². The molecule has 0 bridgehead atoms. The highest BCUT2D eigenvalue weighted by molar-refractivity contribution is 9.12. The molecule has 11 rings (SSSR count). The molecule has 0 aliphatic rings. The lowest BCUT2D eigenvalue weighted by Gasteiger charge is -2.12. The summed E-state index contributed by atoms with van der Waals surface area (Å²) in [6, 6.07) is 35.8. The van der Waals surface area contributed by atoms with Crippen molar-refractivity contribution in [3.63, 3.8) is 0 Å². The first kappa shape index (κ1) is 47.4. The van der Waals surface area contributed by atoms with Gasteiger partial charge in [-0.2, -0.15) is 0 Å². The van der Waals surface area contributed by atoms with Crippen LogP contribution in [-0.4, -0.2) is 9.97 Å². The number of halogens is 8. The van der Waals surface area contributed by atoms with Crippen LogP contribution in [0.4, 0.5) is 0 Å². The van der Waals surface area contributed by atoms with Crippen molar-refractivity contribution in [1.29, 1.82) is 0 Å². The first-order valence-electron chi connectivity index (χ1n) is 20.4. The Balaban J connectivity index is 1.09. The number of hydrogen-bond acceptors (Lipinski definition) is 10. The van der Waals surface area contributed by atoms with E-state index in [0.717, 1.165) is 17.9 Å². The van der Waals surface area contributed by atoms with Crippen LogP contribution < -0.4 is 22.5 Å². The molecule has 0 amide bonds. The minimum atomic E-state index is -0.634. The molecule has 0 N–H and O–H groups in total. The molecule has 18 heteroatoms. The zero-order chi connectivity index (χ0) is 48.9. The van der Waals surface area contributed by atoms with Crippen molar-refractivity contribution in [1.82, 2.24) is 9.97 Å². The highest BCUT2D eigenvalue weighted by Gasteiger charge is 2.21. The first-order valence-corrected chi connectivity index (χ1v) is 26.8. The van der Waals surface area contributed by atoms with Gasteiger partial charge in [0.1, 0.15) is 0 Å². The molecule has 0 fully saturated rings. The quantitative estimate of drug-likeness (QED) is 0.147. The molecular weight excluding hydrogens is 1420 g/mol. The van der Waals surface area contributed by atoms with Crippen molar-refractivity contribution in [2.75, 3.05) is 0 Å². The van der Waals surface area contributed by atoms with Gasteiger partial charge in [0.05, 0.1) is 62.9 Å². The Bertz CT molecular complexity index is 3820. The van der Waals surface area contributed by atoms with Crippen LogP contribution in [0.1, 0.15) is 0 Å². The average Bonchev–Trinajstić information content (AvgIpc) is 3.31. The molecule has 0 aliphatic carbocycles. The highest BCUT2D eigenvalue weighted by atomic mass is 79.9. The third-order valence-electron chi connectivity index (χ3n) is 11.3. The van der Waals surface area contributed by atoms with Crippen molar-refractivity contribution in [2.45, 2.75) is 0 Å². The number of benzene rings is 5. The van der Waals surface area contributed by atoms with Gasteiger partial charge in [0.2, 0.25) is 0 Å². The zero-order valence-corrected chi connectivity index (χ0v) is 47.4. The molecule has 0 radical (unpaired) electrons. The first-order chi connectivity index (χ1) is 33.5. The van der Waals surface area contributed by atoms with Gasteiger partial charge in [0, 0.05) is 39.4 Å². The van der Waals surface area contributed by atoms with Crippen LogP contribution in [0.3, 0.4) is 0 Å². The molecule has 6 heterocycles. The monoisotopic (exact) mass is 1430 g/mol. The van der Waals surface area contributed by atoms with E-state index >= 15 is 0 Å². The van der Waals surface area contributed by atoms with Gasteiger partial charge in [-0.25, -0.2) is 29.1 Å². The number of pyridine rings is 2. The van der Waals surface area contributed by atoms with Gasteiger partial charge in [-0.05, 0) is 183 Å². The Kier molecular flexibility index (Phi) is 12.6. The van der Waals surface area contributed by atoms with E-state index in [9.17, 15) is 19.2 Å². The number of aromatic nitrogens is 2. The summed E-state index contributed by atoms with van der Waals surface area (Å²) in [5.41, 5.74) is 3.23. The number of nitrogens with zero attached hydrogens (tertiary/aromatic N) is 2. The summed E-state index contributed by atoms with van der Waals surface area (Å²) in [4.78, 5) is 64.9. The Morgan fingerprint density at radius 3 is 0.743 bits per heavy atom. The zero-order valence-electron chi connectivity index (χ0n) is 34.7. The fourth-order valence-corrected chi connectivity index (χ4v) is 13.5. The summed E-state index contributed by atoms with van der Waals surface area (Å²) in [6.45, 7) is 0. The normalized spacial score (nSPS) is 11.7. The average molecular weight is 1440 g/mol. The molecule has 70 heavy (non-hydrogen) atoms. The Hall–Kier alpha value is -4.92. The third-order valence-corrected chi connectivity index (χ3v) is 15.5. The molecule has 0 atom stereocenters. The van der Waals surface area contributed by atoms with Crippen LogP contribution in [0.15, 0.2) is 194 Å². The summed E-state index contributed by atoms with van der Waals surface area (Å²) in [5, 5.41) is 2.53. The van der Waals surface area contributed by atoms with E-state index in [1.165, 1.54) is 0 Å². The van der Waals surface area contributed by atoms with E-state index in [1.807, 2.05) is 48.5 Å². The lowest BCUT2D eigenvalue weighted by atomic mass is 9.96. The lowest BCUT2D eigenvalue weighted by Crippen LogP contribution is -2.08. The third kappa shape index (κ3) is 8.92. The summed E-state index contributed by atoms with van der Waals surface area (Å²) >= 11 is 28.1. The van der Waals surface area contributed by atoms with Gasteiger partial charge in [-0.3, -0.25) is 0 Å². The fourth-order valence-electron chi connectivity index (χ4n) is 8.14. The summed E-state index contributed by atoms with van der Waals surface area (Å²) in [5.74, 6) is 0. The van der Waals surface area contributed by atoms with Crippen LogP contribution in [0.2, 0.25) is 0 Å². The van der Waals surface area contributed by atoms with E-state index in [4.69, 9.17) is 27.6 Å². The Morgan fingerprint density at radius 1 is 0.286 bits per heavy atom. The van der Waals surface area contributed by atoms with Gasteiger partial charge in [0.15, 0.2) is 22.3 Å². The van der Waals surface area contributed by atoms with E-state index in [1.54, 1.807) is 72.8 Å². The second kappa shape index (κ2) is 18.6. The number of rotatable bonds is 6. The van der Waals surface area contributed by atoms with Gasteiger partial charge < -0.3 is 17.7 Å². The molecule has 0 saturated heterocycles. The Labute approximate surface area is 460 Å². The Morgan fingerprint density at radius 2 is 0.514 bits per heavy atom. The van der Waals surface area contributed by atoms with Gasteiger partial charge in [0.25, 0.3) is 0 Å². The van der Waals surface area contributed by atoms with Gasteiger partial charge in [-0.15, -0.1) is 0 Å². The van der Waals surface area contributed by atoms with E-state index in [-0.39, 0.29) is 45.0 Å².